The minimum atomic E-state index is -4.61. The van der Waals surface area contributed by atoms with Gasteiger partial charge in [-0.1, -0.05) is 0 Å². The van der Waals surface area contributed by atoms with E-state index in [0.29, 0.717) is 48.2 Å². The van der Waals surface area contributed by atoms with Gasteiger partial charge >= 0.3 is 6.18 Å². The maximum atomic E-state index is 12.9. The molecule has 15 heteroatoms. The summed E-state index contributed by atoms with van der Waals surface area (Å²) in [6, 6.07) is 3.23. The van der Waals surface area contributed by atoms with E-state index in [2.05, 4.69) is 30.0 Å². The van der Waals surface area contributed by atoms with Crippen molar-refractivity contribution in [1.29, 1.82) is 0 Å². The van der Waals surface area contributed by atoms with Crippen LogP contribution in [0, 0.1) is 12.8 Å². The molecule has 0 bridgehead atoms. The second-order valence-corrected chi connectivity index (χ2v) is 9.44. The van der Waals surface area contributed by atoms with E-state index < -0.39 is 24.2 Å². The van der Waals surface area contributed by atoms with Crippen molar-refractivity contribution in [2.75, 3.05) is 36.9 Å². The molecule has 38 heavy (non-hydrogen) atoms. The Labute approximate surface area is 218 Å². The zero-order chi connectivity index (χ0) is 27.3. The Morgan fingerprint density at radius 3 is 2.53 bits per heavy atom. The number of anilines is 3. The van der Waals surface area contributed by atoms with E-state index in [1.807, 2.05) is 0 Å². The number of nitrogens with one attached hydrogen (secondary N) is 2. The number of aromatic nitrogens is 4. The summed E-state index contributed by atoms with van der Waals surface area (Å²) >= 11 is 0.957. The summed E-state index contributed by atoms with van der Waals surface area (Å²) < 4.78 is 73.0. The number of likely N-dealkylation sites (tertiary alicyclic amines) is 1. The Morgan fingerprint density at radius 2 is 1.92 bits per heavy atom. The first kappa shape index (κ1) is 27.6. The van der Waals surface area contributed by atoms with E-state index in [4.69, 9.17) is 4.74 Å². The van der Waals surface area contributed by atoms with Crippen molar-refractivity contribution < 1.29 is 31.5 Å². The lowest BCUT2D eigenvalue weighted by atomic mass is 9.98. The zero-order valence-corrected chi connectivity index (χ0v) is 21.0. The standard InChI is InChI=1S/C23H24F5N7O2S/c1-13-20(22(38-34-13)33-18-10-29-16(9-30-18)23(26,27)28)21(36)32-15-2-3-19(31-8-15)37-12-14-4-6-35(7-5-14)11-17(24)25/h2-3,8-10,14,17H,4-7,11-12H2,1H3,(H,30,33)(H,32,36). The number of alkyl halides is 5. The van der Waals surface area contributed by atoms with Gasteiger partial charge in [-0.2, -0.15) is 17.5 Å². The Morgan fingerprint density at radius 1 is 1.16 bits per heavy atom. The third kappa shape index (κ3) is 7.31. The topological polar surface area (TPSA) is 105 Å². The first-order chi connectivity index (χ1) is 18.1. The molecule has 0 atom stereocenters. The molecule has 4 heterocycles. The van der Waals surface area contributed by atoms with Gasteiger partial charge in [-0.05, 0) is 56.4 Å². The van der Waals surface area contributed by atoms with Crippen LogP contribution in [0.1, 0.15) is 34.6 Å². The molecule has 204 valence electrons. The highest BCUT2D eigenvalue weighted by Gasteiger charge is 2.33. The molecule has 4 rings (SSSR count). The number of aryl methyl sites for hydroxylation is 1. The van der Waals surface area contributed by atoms with Gasteiger partial charge in [0.2, 0.25) is 5.88 Å². The molecule has 0 saturated carbocycles. The average molecular weight is 558 g/mol. The predicted octanol–water partition coefficient (Wildman–Crippen LogP) is 5.01. The SMILES string of the molecule is Cc1nsc(Nc2cnc(C(F)(F)F)cn2)c1C(=O)Nc1ccc(OCC2CCN(CC(F)F)CC2)nc1. The van der Waals surface area contributed by atoms with Gasteiger partial charge in [0.25, 0.3) is 12.3 Å². The fraction of sp³-hybridized carbons (Fsp3) is 0.435. The van der Waals surface area contributed by atoms with Crippen LogP contribution in [0.2, 0.25) is 0 Å². The minimum Gasteiger partial charge on any atom is -0.477 e. The molecule has 3 aromatic rings. The van der Waals surface area contributed by atoms with E-state index in [0.717, 1.165) is 30.6 Å². The first-order valence-electron chi connectivity index (χ1n) is 11.6. The molecule has 1 aliphatic rings. The fourth-order valence-corrected chi connectivity index (χ4v) is 4.65. The molecule has 1 aliphatic heterocycles. The predicted molar refractivity (Wildman–Crippen MR) is 130 cm³/mol. The van der Waals surface area contributed by atoms with Gasteiger partial charge in [-0.15, -0.1) is 0 Å². The number of pyridine rings is 1. The lowest BCUT2D eigenvalue weighted by molar-refractivity contribution is -0.141. The summed E-state index contributed by atoms with van der Waals surface area (Å²) in [6.07, 6.45) is -2.45. The molecule has 9 nitrogen and oxygen atoms in total. The molecular weight excluding hydrogens is 533 g/mol. The van der Waals surface area contributed by atoms with E-state index in [9.17, 15) is 26.7 Å². The van der Waals surface area contributed by atoms with Gasteiger partial charge < -0.3 is 15.4 Å². The monoisotopic (exact) mass is 557 g/mol. The molecular formula is C23H24F5N7O2S. The van der Waals surface area contributed by atoms with Crippen molar-refractivity contribution in [3.05, 3.63) is 47.7 Å². The van der Waals surface area contributed by atoms with Crippen molar-refractivity contribution in [3.63, 3.8) is 0 Å². The van der Waals surface area contributed by atoms with Crippen molar-refractivity contribution in [3.8, 4) is 5.88 Å². The van der Waals surface area contributed by atoms with Crippen LogP contribution in [0.4, 0.5) is 38.5 Å². The summed E-state index contributed by atoms with van der Waals surface area (Å²) in [5, 5.41) is 5.79. The van der Waals surface area contributed by atoms with Gasteiger partial charge in [0.05, 0.1) is 48.7 Å². The summed E-state index contributed by atoms with van der Waals surface area (Å²) in [5.74, 6) is 0.150. The number of piperidine rings is 1. The molecule has 0 spiro atoms. The highest BCUT2D eigenvalue weighted by atomic mass is 32.1. The summed E-state index contributed by atoms with van der Waals surface area (Å²) in [5.41, 5.74) is -0.109. The largest absolute Gasteiger partial charge is 0.477 e. The normalized spacial score (nSPS) is 15.0. The number of hydrogen-bond donors (Lipinski definition) is 2. The second-order valence-electron chi connectivity index (χ2n) is 8.67. The van der Waals surface area contributed by atoms with Crippen LogP contribution < -0.4 is 15.4 Å². The van der Waals surface area contributed by atoms with Crippen LogP contribution in [0.25, 0.3) is 0 Å². The van der Waals surface area contributed by atoms with Gasteiger partial charge in [0.1, 0.15) is 10.8 Å². The van der Waals surface area contributed by atoms with Gasteiger partial charge in [-0.25, -0.2) is 23.7 Å². The van der Waals surface area contributed by atoms with Crippen molar-refractivity contribution in [2.45, 2.75) is 32.4 Å². The average Bonchev–Trinajstić information content (AvgIpc) is 3.23. The van der Waals surface area contributed by atoms with Crippen molar-refractivity contribution in [1.82, 2.24) is 24.2 Å². The third-order valence-corrected chi connectivity index (χ3v) is 6.69. The number of amides is 1. The smallest absolute Gasteiger partial charge is 0.434 e. The van der Waals surface area contributed by atoms with Crippen LogP contribution >= 0.6 is 11.5 Å². The van der Waals surface area contributed by atoms with Crippen molar-refractivity contribution >= 4 is 33.9 Å². The Hall–Kier alpha value is -3.46. The summed E-state index contributed by atoms with van der Waals surface area (Å²) in [7, 11) is 0. The van der Waals surface area contributed by atoms with E-state index in [1.165, 1.54) is 6.20 Å². The molecule has 1 saturated heterocycles. The van der Waals surface area contributed by atoms with E-state index in [-0.39, 0.29) is 23.8 Å². The molecule has 1 fully saturated rings. The van der Waals surface area contributed by atoms with Crippen LogP contribution in [0.3, 0.4) is 0 Å². The quantitative estimate of drug-likeness (QED) is 0.354. The zero-order valence-electron chi connectivity index (χ0n) is 20.1. The van der Waals surface area contributed by atoms with E-state index >= 15 is 0 Å². The maximum Gasteiger partial charge on any atom is 0.434 e. The Balaban J connectivity index is 1.31. The van der Waals surface area contributed by atoms with Crippen LogP contribution in [-0.4, -0.2) is 62.8 Å². The van der Waals surface area contributed by atoms with Gasteiger partial charge in [0, 0.05) is 6.07 Å². The second kappa shape index (κ2) is 11.9. The number of hydrogen-bond acceptors (Lipinski definition) is 9. The van der Waals surface area contributed by atoms with Crippen molar-refractivity contribution in [2.24, 2.45) is 5.92 Å². The van der Waals surface area contributed by atoms with Crippen LogP contribution in [0.5, 0.6) is 5.88 Å². The number of nitrogens with zero attached hydrogens (tertiary/aromatic N) is 5. The minimum absolute atomic E-state index is 0.0264. The molecule has 0 aliphatic carbocycles. The molecule has 3 aromatic heterocycles. The lowest BCUT2D eigenvalue weighted by Crippen LogP contribution is -2.38. The number of carbonyl (C=O) groups excluding carboxylic acids is 1. The van der Waals surface area contributed by atoms with E-state index in [1.54, 1.807) is 24.0 Å². The highest BCUT2D eigenvalue weighted by molar-refractivity contribution is 7.10. The Bertz CT molecular complexity index is 1210. The Kier molecular flexibility index (Phi) is 8.66. The van der Waals surface area contributed by atoms with Gasteiger partial charge in [-0.3, -0.25) is 9.69 Å². The number of carbonyl (C=O) groups is 1. The number of rotatable bonds is 9. The summed E-state index contributed by atoms with van der Waals surface area (Å²) in [6.45, 7) is 3.06. The summed E-state index contributed by atoms with van der Waals surface area (Å²) in [4.78, 5) is 25.9. The molecule has 1 amide bonds. The molecule has 0 aromatic carbocycles. The maximum absolute atomic E-state index is 12.9. The number of halogens is 5. The molecule has 0 radical (unpaired) electrons. The lowest BCUT2D eigenvalue weighted by Gasteiger charge is -2.31. The third-order valence-electron chi connectivity index (χ3n) is 5.84. The molecule has 0 unspecified atom stereocenters. The number of ether oxygens (including phenoxy) is 1. The highest BCUT2D eigenvalue weighted by Crippen LogP contribution is 2.30. The van der Waals surface area contributed by atoms with Gasteiger partial charge in [0.15, 0.2) is 5.69 Å². The van der Waals surface area contributed by atoms with Crippen LogP contribution in [-0.2, 0) is 6.18 Å². The first-order valence-corrected chi connectivity index (χ1v) is 12.4. The molecule has 2 N–H and O–H groups in total. The van der Waals surface area contributed by atoms with Crippen LogP contribution in [0.15, 0.2) is 30.7 Å². The fourth-order valence-electron chi connectivity index (χ4n) is 3.85.